The van der Waals surface area contributed by atoms with Crippen LogP contribution in [0.5, 0.6) is 0 Å². The molecule has 1 atom stereocenters. The van der Waals surface area contributed by atoms with Crippen LogP contribution in [-0.4, -0.2) is 30.4 Å². The molecule has 0 radical (unpaired) electrons. The number of hydrogen-bond donors (Lipinski definition) is 1. The smallest absolute Gasteiger partial charge is 0.240 e. The van der Waals surface area contributed by atoms with E-state index in [1.807, 2.05) is 0 Å². The van der Waals surface area contributed by atoms with Crippen LogP contribution in [0.15, 0.2) is 57.7 Å². The number of piperidine rings is 1. The molecule has 0 spiro atoms. The van der Waals surface area contributed by atoms with Crippen molar-refractivity contribution in [2.24, 2.45) is 5.92 Å². The molecule has 1 aromatic heterocycles. The summed E-state index contributed by atoms with van der Waals surface area (Å²) in [7, 11) is 0. The lowest BCUT2D eigenvalue weighted by Gasteiger charge is -2.30. The predicted octanol–water partition coefficient (Wildman–Crippen LogP) is 4.27. The first kappa shape index (κ1) is 19.3. The van der Waals surface area contributed by atoms with Gasteiger partial charge in [-0.15, -0.1) is 0 Å². The Morgan fingerprint density at radius 1 is 1.21 bits per heavy atom. The molecule has 0 bridgehead atoms. The molecule has 4 rings (SSSR count). The number of fused-ring (bicyclic) bond motifs is 1. The van der Waals surface area contributed by atoms with E-state index >= 15 is 0 Å². The van der Waals surface area contributed by atoms with Crippen LogP contribution in [0, 0.1) is 11.7 Å². The van der Waals surface area contributed by atoms with Crippen molar-refractivity contribution < 1.29 is 13.6 Å². The number of likely N-dealkylation sites (tertiary alicyclic amines) is 1. The van der Waals surface area contributed by atoms with Crippen molar-refractivity contribution in [3.05, 3.63) is 64.6 Å². The molecule has 150 valence electrons. The number of para-hydroxylation sites is 1. The van der Waals surface area contributed by atoms with Gasteiger partial charge in [0.25, 0.3) is 0 Å². The van der Waals surface area contributed by atoms with Crippen molar-refractivity contribution in [1.29, 1.82) is 0 Å². The molecule has 1 aliphatic rings. The van der Waals surface area contributed by atoms with Crippen LogP contribution in [0.25, 0.3) is 22.1 Å². The second-order valence-corrected chi connectivity index (χ2v) is 7.67. The zero-order valence-electron chi connectivity index (χ0n) is 16.3. The largest absolute Gasteiger partial charge is 0.439 e. The van der Waals surface area contributed by atoms with Gasteiger partial charge in [0, 0.05) is 6.54 Å². The Morgan fingerprint density at radius 3 is 2.72 bits per heavy atom. The molecular weight excluding hydrogens is 371 g/mol. The van der Waals surface area contributed by atoms with Gasteiger partial charge in [-0.2, -0.15) is 0 Å². The zero-order chi connectivity index (χ0) is 20.4. The lowest BCUT2D eigenvalue weighted by atomic mass is 10.0. The normalized spacial score (nSPS) is 17.4. The maximum atomic E-state index is 13.4. The highest BCUT2D eigenvalue weighted by molar-refractivity contribution is 5.97. The highest BCUT2D eigenvalue weighted by atomic mass is 19.1. The summed E-state index contributed by atoms with van der Waals surface area (Å²) < 4.78 is 19.3. The van der Waals surface area contributed by atoms with E-state index in [0.717, 1.165) is 19.5 Å². The summed E-state index contributed by atoms with van der Waals surface area (Å²) >= 11 is 0. The number of anilines is 1. The third kappa shape index (κ3) is 4.22. The second kappa shape index (κ2) is 8.17. The summed E-state index contributed by atoms with van der Waals surface area (Å²) in [4.78, 5) is 27.9. The molecule has 5 nitrogen and oxygen atoms in total. The van der Waals surface area contributed by atoms with Crippen LogP contribution >= 0.6 is 0 Å². The highest BCUT2D eigenvalue weighted by Gasteiger charge is 2.22. The van der Waals surface area contributed by atoms with Gasteiger partial charge in [-0.3, -0.25) is 19.8 Å². The Balaban J connectivity index is 1.70. The second-order valence-electron chi connectivity index (χ2n) is 7.67. The van der Waals surface area contributed by atoms with Crippen LogP contribution in [0.2, 0.25) is 0 Å². The Morgan fingerprint density at radius 2 is 1.97 bits per heavy atom. The van der Waals surface area contributed by atoms with E-state index in [1.165, 1.54) is 30.7 Å². The molecule has 3 aromatic rings. The van der Waals surface area contributed by atoms with Crippen molar-refractivity contribution in [3.63, 3.8) is 0 Å². The average molecular weight is 394 g/mol. The number of amides is 1. The number of rotatable bonds is 4. The fourth-order valence-electron chi connectivity index (χ4n) is 3.91. The van der Waals surface area contributed by atoms with E-state index in [2.05, 4.69) is 17.1 Å². The van der Waals surface area contributed by atoms with Gasteiger partial charge >= 0.3 is 0 Å². The quantitative estimate of drug-likeness (QED) is 0.718. The molecular formula is C23H23FN2O3. The van der Waals surface area contributed by atoms with Gasteiger partial charge in [0.2, 0.25) is 17.2 Å². The monoisotopic (exact) mass is 394 g/mol. The minimum Gasteiger partial charge on any atom is -0.439 e. The van der Waals surface area contributed by atoms with Crippen LogP contribution in [0.4, 0.5) is 10.3 Å². The van der Waals surface area contributed by atoms with Gasteiger partial charge < -0.3 is 4.42 Å². The van der Waals surface area contributed by atoms with Crippen molar-refractivity contribution in [2.45, 2.75) is 19.8 Å². The number of nitrogens with zero attached hydrogens (tertiary/aromatic N) is 1. The maximum absolute atomic E-state index is 13.4. The number of nitrogens with one attached hydrogen (secondary N) is 1. The van der Waals surface area contributed by atoms with Gasteiger partial charge in [-0.1, -0.05) is 31.2 Å². The molecule has 0 aliphatic carbocycles. The van der Waals surface area contributed by atoms with Gasteiger partial charge in [0.15, 0.2) is 0 Å². The third-order valence-electron chi connectivity index (χ3n) is 5.29. The van der Waals surface area contributed by atoms with E-state index in [1.54, 1.807) is 24.3 Å². The first-order chi connectivity index (χ1) is 14.0. The third-order valence-corrected chi connectivity index (χ3v) is 5.29. The molecule has 1 fully saturated rings. The standard InChI is InChI=1S/C23H23FN2O3/c1-15-5-4-12-26(13-15)14-20(27)25-23-21(16-8-10-17(24)11-9-16)22(28)18-6-2-3-7-19(18)29-23/h2-3,6-11,15H,4-5,12-14H2,1H3,(H,25,27). The average Bonchev–Trinajstić information content (AvgIpc) is 2.69. The molecule has 2 aromatic carbocycles. The lowest BCUT2D eigenvalue weighted by Crippen LogP contribution is -2.39. The Bertz CT molecular complexity index is 1090. The number of hydrogen-bond acceptors (Lipinski definition) is 4. The molecule has 1 amide bonds. The van der Waals surface area contributed by atoms with Crippen LogP contribution in [0.1, 0.15) is 19.8 Å². The van der Waals surface area contributed by atoms with Crippen LogP contribution in [0.3, 0.4) is 0 Å². The first-order valence-electron chi connectivity index (χ1n) is 9.85. The topological polar surface area (TPSA) is 62.6 Å². The molecule has 1 saturated heterocycles. The lowest BCUT2D eigenvalue weighted by molar-refractivity contribution is -0.117. The van der Waals surface area contributed by atoms with E-state index < -0.39 is 5.82 Å². The van der Waals surface area contributed by atoms with E-state index in [9.17, 15) is 14.0 Å². The molecule has 1 aliphatic heterocycles. The van der Waals surface area contributed by atoms with Crippen molar-refractivity contribution in [3.8, 4) is 11.1 Å². The van der Waals surface area contributed by atoms with E-state index in [4.69, 9.17) is 4.42 Å². The zero-order valence-corrected chi connectivity index (χ0v) is 16.3. The maximum Gasteiger partial charge on any atom is 0.240 e. The SMILES string of the molecule is CC1CCCN(CC(=O)Nc2oc3ccccc3c(=O)c2-c2ccc(F)cc2)C1. The first-order valence-corrected chi connectivity index (χ1v) is 9.85. The molecule has 1 N–H and O–H groups in total. The highest BCUT2D eigenvalue weighted by Crippen LogP contribution is 2.29. The molecule has 0 saturated carbocycles. The van der Waals surface area contributed by atoms with Crippen molar-refractivity contribution >= 4 is 22.8 Å². The predicted molar refractivity (Wildman–Crippen MR) is 111 cm³/mol. The summed E-state index contributed by atoms with van der Waals surface area (Å²) in [6.07, 6.45) is 2.24. The fourth-order valence-corrected chi connectivity index (χ4v) is 3.91. The van der Waals surface area contributed by atoms with Gasteiger partial charge in [-0.05, 0) is 55.1 Å². The van der Waals surface area contributed by atoms with E-state index in [0.29, 0.717) is 22.5 Å². The summed E-state index contributed by atoms with van der Waals surface area (Å²) in [5.41, 5.74) is 0.850. The molecule has 1 unspecified atom stereocenters. The van der Waals surface area contributed by atoms with E-state index in [-0.39, 0.29) is 29.3 Å². The molecule has 6 heteroatoms. The van der Waals surface area contributed by atoms with Crippen LogP contribution in [-0.2, 0) is 4.79 Å². The minimum atomic E-state index is -0.399. The van der Waals surface area contributed by atoms with Gasteiger partial charge in [0.05, 0.1) is 17.5 Å². The summed E-state index contributed by atoms with van der Waals surface area (Å²) in [5.74, 6) is 0.0184. The summed E-state index contributed by atoms with van der Waals surface area (Å²) in [5, 5.41) is 3.19. The summed E-state index contributed by atoms with van der Waals surface area (Å²) in [6.45, 7) is 4.17. The minimum absolute atomic E-state index is 0.0929. The Kier molecular flexibility index (Phi) is 5.45. The Hall–Kier alpha value is -2.99. The fraction of sp³-hybridized carbons (Fsp3) is 0.304. The molecule has 2 heterocycles. The van der Waals surface area contributed by atoms with Crippen molar-refractivity contribution in [1.82, 2.24) is 4.90 Å². The molecule has 29 heavy (non-hydrogen) atoms. The Labute approximate surface area is 168 Å². The van der Waals surface area contributed by atoms with Crippen LogP contribution < -0.4 is 10.7 Å². The van der Waals surface area contributed by atoms with Gasteiger partial charge in [-0.25, -0.2) is 4.39 Å². The summed E-state index contributed by atoms with van der Waals surface area (Å²) in [6, 6.07) is 12.5. The number of benzene rings is 2. The number of carbonyl (C=O) groups excluding carboxylic acids is 1. The van der Waals surface area contributed by atoms with Gasteiger partial charge in [0.1, 0.15) is 11.4 Å². The number of halogens is 1. The number of carbonyl (C=O) groups is 1. The van der Waals surface area contributed by atoms with Crippen molar-refractivity contribution in [2.75, 3.05) is 25.0 Å².